The summed E-state index contributed by atoms with van der Waals surface area (Å²) in [5, 5.41) is 0. The molecule has 0 saturated heterocycles. The van der Waals surface area contributed by atoms with E-state index in [1.807, 2.05) is 12.3 Å². The Labute approximate surface area is 74.2 Å². The Balaban J connectivity index is 3.00. The SMILES string of the molecule is C=Cc1ccc(C(C)(C)C)nc1. The zero-order chi connectivity index (χ0) is 9.19. The van der Waals surface area contributed by atoms with E-state index in [9.17, 15) is 0 Å². The van der Waals surface area contributed by atoms with E-state index in [1.165, 1.54) is 0 Å². The normalized spacial score (nSPS) is 11.2. The van der Waals surface area contributed by atoms with Crippen molar-refractivity contribution < 1.29 is 0 Å². The molecule has 0 fully saturated rings. The van der Waals surface area contributed by atoms with Crippen molar-refractivity contribution in [3.05, 3.63) is 36.2 Å². The molecule has 0 aromatic carbocycles. The number of hydrogen-bond acceptors (Lipinski definition) is 1. The molecule has 0 aliphatic carbocycles. The van der Waals surface area contributed by atoms with Gasteiger partial charge in [0.15, 0.2) is 0 Å². The summed E-state index contributed by atoms with van der Waals surface area (Å²) < 4.78 is 0. The first-order valence-electron chi connectivity index (χ1n) is 4.13. The molecule has 0 N–H and O–H groups in total. The third kappa shape index (κ3) is 1.94. The Hall–Kier alpha value is -1.11. The van der Waals surface area contributed by atoms with Gasteiger partial charge in [0.1, 0.15) is 0 Å². The van der Waals surface area contributed by atoms with E-state index in [-0.39, 0.29) is 5.41 Å². The lowest BCUT2D eigenvalue weighted by atomic mass is 9.91. The van der Waals surface area contributed by atoms with Gasteiger partial charge in [-0.05, 0) is 11.6 Å². The van der Waals surface area contributed by atoms with Crippen LogP contribution in [-0.4, -0.2) is 4.98 Å². The summed E-state index contributed by atoms with van der Waals surface area (Å²) >= 11 is 0. The zero-order valence-corrected chi connectivity index (χ0v) is 7.96. The van der Waals surface area contributed by atoms with Gasteiger partial charge in [-0.2, -0.15) is 0 Å². The smallest absolute Gasteiger partial charge is 0.0457 e. The lowest BCUT2D eigenvalue weighted by Crippen LogP contribution is -2.12. The highest BCUT2D eigenvalue weighted by Gasteiger charge is 2.13. The second kappa shape index (κ2) is 3.10. The van der Waals surface area contributed by atoms with Crippen LogP contribution >= 0.6 is 0 Å². The Kier molecular flexibility index (Phi) is 2.32. The van der Waals surface area contributed by atoms with E-state index in [0.29, 0.717) is 0 Å². The molecule has 0 amide bonds. The molecule has 0 unspecified atom stereocenters. The van der Waals surface area contributed by atoms with Crippen LogP contribution in [-0.2, 0) is 5.41 Å². The summed E-state index contributed by atoms with van der Waals surface area (Å²) in [6.45, 7) is 10.1. The van der Waals surface area contributed by atoms with Gasteiger partial charge in [-0.3, -0.25) is 4.98 Å². The molecule has 1 nitrogen and oxygen atoms in total. The van der Waals surface area contributed by atoms with Crippen molar-refractivity contribution >= 4 is 6.08 Å². The minimum absolute atomic E-state index is 0.139. The van der Waals surface area contributed by atoms with E-state index in [2.05, 4.69) is 38.4 Å². The number of nitrogens with zero attached hydrogens (tertiary/aromatic N) is 1. The highest BCUT2D eigenvalue weighted by molar-refractivity contribution is 5.45. The summed E-state index contributed by atoms with van der Waals surface area (Å²) in [5.41, 5.74) is 2.33. The molecule has 12 heavy (non-hydrogen) atoms. The van der Waals surface area contributed by atoms with Gasteiger partial charge in [0, 0.05) is 17.3 Å². The molecule has 64 valence electrons. The molecule has 1 aromatic rings. The second-order valence-electron chi connectivity index (χ2n) is 3.93. The Morgan fingerprint density at radius 1 is 1.33 bits per heavy atom. The highest BCUT2D eigenvalue weighted by Crippen LogP contribution is 2.19. The van der Waals surface area contributed by atoms with Gasteiger partial charge in [0.2, 0.25) is 0 Å². The highest BCUT2D eigenvalue weighted by atomic mass is 14.7. The van der Waals surface area contributed by atoms with Crippen LogP contribution in [0.4, 0.5) is 0 Å². The number of pyridine rings is 1. The number of aromatic nitrogens is 1. The van der Waals surface area contributed by atoms with Crippen molar-refractivity contribution in [2.45, 2.75) is 26.2 Å². The van der Waals surface area contributed by atoms with Gasteiger partial charge >= 0.3 is 0 Å². The second-order valence-corrected chi connectivity index (χ2v) is 3.93. The molecule has 0 saturated carbocycles. The van der Waals surface area contributed by atoms with Crippen LogP contribution in [0.25, 0.3) is 6.08 Å². The molecule has 0 aliphatic rings. The Morgan fingerprint density at radius 3 is 2.33 bits per heavy atom. The monoisotopic (exact) mass is 161 g/mol. The van der Waals surface area contributed by atoms with Crippen molar-refractivity contribution in [3.63, 3.8) is 0 Å². The van der Waals surface area contributed by atoms with E-state index in [4.69, 9.17) is 0 Å². The largest absolute Gasteiger partial charge is 0.260 e. The first kappa shape index (κ1) is 8.98. The maximum atomic E-state index is 4.35. The maximum absolute atomic E-state index is 4.35. The van der Waals surface area contributed by atoms with E-state index in [1.54, 1.807) is 6.08 Å². The van der Waals surface area contributed by atoms with E-state index in [0.717, 1.165) is 11.3 Å². The van der Waals surface area contributed by atoms with Gasteiger partial charge in [-0.25, -0.2) is 0 Å². The van der Waals surface area contributed by atoms with Gasteiger partial charge in [0.05, 0.1) is 0 Å². The fourth-order valence-electron chi connectivity index (χ4n) is 0.970. The third-order valence-corrected chi connectivity index (χ3v) is 1.79. The number of hydrogen-bond donors (Lipinski definition) is 0. The van der Waals surface area contributed by atoms with Crippen molar-refractivity contribution in [2.24, 2.45) is 0 Å². The molecule has 0 aliphatic heterocycles. The fraction of sp³-hybridized carbons (Fsp3) is 0.364. The molecule has 1 heteroatoms. The first-order valence-corrected chi connectivity index (χ1v) is 4.13. The van der Waals surface area contributed by atoms with Crippen LogP contribution in [0.2, 0.25) is 0 Å². The Morgan fingerprint density at radius 2 is 2.00 bits per heavy atom. The molecule has 1 rings (SSSR count). The lowest BCUT2D eigenvalue weighted by molar-refractivity contribution is 0.569. The van der Waals surface area contributed by atoms with Crippen LogP contribution in [0, 0.1) is 0 Å². The van der Waals surface area contributed by atoms with Crippen LogP contribution in [0.15, 0.2) is 24.9 Å². The lowest BCUT2D eigenvalue weighted by Gasteiger charge is -2.17. The van der Waals surface area contributed by atoms with Gasteiger partial charge in [-0.15, -0.1) is 0 Å². The average Bonchev–Trinajstić information content (AvgIpc) is 2.03. The molecule has 0 radical (unpaired) electrons. The van der Waals surface area contributed by atoms with Crippen molar-refractivity contribution in [3.8, 4) is 0 Å². The summed E-state index contributed by atoms with van der Waals surface area (Å²) in [4.78, 5) is 4.35. The predicted molar refractivity (Wildman–Crippen MR) is 53.0 cm³/mol. The van der Waals surface area contributed by atoms with Crippen molar-refractivity contribution in [1.82, 2.24) is 4.98 Å². The number of rotatable bonds is 1. The fourth-order valence-corrected chi connectivity index (χ4v) is 0.970. The van der Waals surface area contributed by atoms with Crippen LogP contribution < -0.4 is 0 Å². The van der Waals surface area contributed by atoms with Crippen LogP contribution in [0.1, 0.15) is 32.0 Å². The summed E-state index contributed by atoms with van der Waals surface area (Å²) in [6.07, 6.45) is 3.66. The minimum Gasteiger partial charge on any atom is -0.260 e. The molecular weight excluding hydrogens is 146 g/mol. The third-order valence-electron chi connectivity index (χ3n) is 1.79. The zero-order valence-electron chi connectivity index (χ0n) is 7.96. The van der Waals surface area contributed by atoms with Crippen LogP contribution in [0.5, 0.6) is 0 Å². The van der Waals surface area contributed by atoms with Gasteiger partial charge in [0.25, 0.3) is 0 Å². The summed E-state index contributed by atoms with van der Waals surface area (Å²) in [7, 11) is 0. The van der Waals surface area contributed by atoms with Crippen LogP contribution in [0.3, 0.4) is 0 Å². The molecule has 1 heterocycles. The van der Waals surface area contributed by atoms with Gasteiger partial charge < -0.3 is 0 Å². The van der Waals surface area contributed by atoms with Crippen molar-refractivity contribution in [1.29, 1.82) is 0 Å². The van der Waals surface area contributed by atoms with E-state index < -0.39 is 0 Å². The van der Waals surface area contributed by atoms with Crippen molar-refractivity contribution in [2.75, 3.05) is 0 Å². The Bertz CT molecular complexity index is 264. The molecular formula is C11H15N. The molecule has 1 aromatic heterocycles. The maximum Gasteiger partial charge on any atom is 0.0457 e. The summed E-state index contributed by atoms with van der Waals surface area (Å²) in [6, 6.07) is 4.09. The molecule has 0 atom stereocenters. The minimum atomic E-state index is 0.139. The topological polar surface area (TPSA) is 12.9 Å². The first-order chi connectivity index (χ1) is 5.54. The molecule has 0 bridgehead atoms. The predicted octanol–water partition coefficient (Wildman–Crippen LogP) is 3.02. The summed E-state index contributed by atoms with van der Waals surface area (Å²) in [5.74, 6) is 0. The van der Waals surface area contributed by atoms with E-state index >= 15 is 0 Å². The standard InChI is InChI=1S/C11H15N/c1-5-9-6-7-10(12-8-9)11(2,3)4/h5-8H,1H2,2-4H3. The van der Waals surface area contributed by atoms with Gasteiger partial charge in [-0.1, -0.05) is 39.5 Å². The quantitative estimate of drug-likeness (QED) is 0.617. The average molecular weight is 161 g/mol. The molecule has 0 spiro atoms.